The second-order valence-electron chi connectivity index (χ2n) is 5.21. The normalized spacial score (nSPS) is 13.4. The molecule has 1 aromatic carbocycles. The van der Waals surface area contributed by atoms with Crippen molar-refractivity contribution >= 4 is 17.6 Å². The molecule has 0 N–H and O–H groups in total. The molecule has 1 amide bonds. The fourth-order valence-corrected chi connectivity index (χ4v) is 2.65. The van der Waals surface area contributed by atoms with Gasteiger partial charge in [-0.3, -0.25) is 14.5 Å². The van der Waals surface area contributed by atoms with Gasteiger partial charge in [-0.1, -0.05) is 25.1 Å². The van der Waals surface area contributed by atoms with Crippen LogP contribution in [0.15, 0.2) is 24.3 Å². The lowest BCUT2D eigenvalue weighted by Gasteiger charge is -2.24. The van der Waals surface area contributed by atoms with Gasteiger partial charge >= 0.3 is 5.97 Å². The standard InChI is InChI=1S/C16H22N2O3/c1-3-9-17(12-16(20)21-2)11-15(19)18-10-8-13-6-4-5-7-14(13)18/h4-7H,3,8-12H2,1-2H3. The van der Waals surface area contributed by atoms with Gasteiger partial charge in [0.25, 0.3) is 0 Å². The molecule has 1 aliphatic rings. The zero-order valence-corrected chi connectivity index (χ0v) is 12.7. The van der Waals surface area contributed by atoms with E-state index in [9.17, 15) is 9.59 Å². The SMILES string of the molecule is CCCN(CC(=O)OC)CC(=O)N1CCc2ccccc21. The number of rotatable bonds is 6. The Balaban J connectivity index is 2.01. The van der Waals surface area contributed by atoms with Crippen LogP contribution < -0.4 is 4.90 Å². The van der Waals surface area contributed by atoms with Crippen molar-refractivity contribution in [2.45, 2.75) is 19.8 Å². The quantitative estimate of drug-likeness (QED) is 0.744. The average molecular weight is 290 g/mol. The highest BCUT2D eigenvalue weighted by Gasteiger charge is 2.25. The van der Waals surface area contributed by atoms with Crippen LogP contribution >= 0.6 is 0 Å². The lowest BCUT2D eigenvalue weighted by atomic mass is 10.2. The molecule has 21 heavy (non-hydrogen) atoms. The molecule has 0 saturated carbocycles. The predicted octanol–water partition coefficient (Wildman–Crippen LogP) is 1.46. The molecule has 1 aliphatic heterocycles. The molecule has 0 aliphatic carbocycles. The van der Waals surface area contributed by atoms with Crippen molar-refractivity contribution in [1.29, 1.82) is 0 Å². The number of esters is 1. The third kappa shape index (κ3) is 3.82. The van der Waals surface area contributed by atoms with Crippen molar-refractivity contribution < 1.29 is 14.3 Å². The number of benzene rings is 1. The van der Waals surface area contributed by atoms with Crippen molar-refractivity contribution in [1.82, 2.24) is 4.90 Å². The molecule has 5 heteroatoms. The molecule has 5 nitrogen and oxygen atoms in total. The highest BCUT2D eigenvalue weighted by molar-refractivity contribution is 5.97. The number of amides is 1. The highest BCUT2D eigenvalue weighted by atomic mass is 16.5. The van der Waals surface area contributed by atoms with Crippen LogP contribution in [0.2, 0.25) is 0 Å². The van der Waals surface area contributed by atoms with Crippen molar-refractivity contribution in [2.75, 3.05) is 38.2 Å². The summed E-state index contributed by atoms with van der Waals surface area (Å²) in [6, 6.07) is 7.97. The minimum absolute atomic E-state index is 0.0392. The van der Waals surface area contributed by atoms with E-state index in [0.717, 1.165) is 25.1 Å². The Morgan fingerprint density at radius 3 is 2.76 bits per heavy atom. The van der Waals surface area contributed by atoms with Gasteiger partial charge in [-0.15, -0.1) is 0 Å². The molecule has 0 unspecified atom stereocenters. The topological polar surface area (TPSA) is 49.9 Å². The number of carbonyl (C=O) groups is 2. The van der Waals surface area contributed by atoms with Gasteiger partial charge in [0.15, 0.2) is 0 Å². The van der Waals surface area contributed by atoms with E-state index in [0.29, 0.717) is 6.54 Å². The summed E-state index contributed by atoms with van der Waals surface area (Å²) in [5.74, 6) is -0.268. The van der Waals surface area contributed by atoms with Crippen molar-refractivity contribution in [3.05, 3.63) is 29.8 Å². The Morgan fingerprint density at radius 1 is 1.29 bits per heavy atom. The molecular weight excluding hydrogens is 268 g/mol. The summed E-state index contributed by atoms with van der Waals surface area (Å²) >= 11 is 0. The molecule has 0 fully saturated rings. The van der Waals surface area contributed by atoms with Gasteiger partial charge in [-0.2, -0.15) is 0 Å². The summed E-state index contributed by atoms with van der Waals surface area (Å²) < 4.78 is 4.68. The number of methoxy groups -OCH3 is 1. The summed E-state index contributed by atoms with van der Waals surface area (Å²) in [5.41, 5.74) is 2.21. The van der Waals surface area contributed by atoms with Gasteiger partial charge in [0, 0.05) is 12.2 Å². The molecule has 0 bridgehead atoms. The van der Waals surface area contributed by atoms with E-state index in [-0.39, 0.29) is 25.0 Å². The van der Waals surface area contributed by atoms with E-state index < -0.39 is 0 Å². The smallest absolute Gasteiger partial charge is 0.319 e. The van der Waals surface area contributed by atoms with E-state index in [1.54, 1.807) is 0 Å². The first-order valence-corrected chi connectivity index (χ1v) is 7.33. The summed E-state index contributed by atoms with van der Waals surface area (Å²) in [5, 5.41) is 0. The summed E-state index contributed by atoms with van der Waals surface area (Å²) in [4.78, 5) is 27.6. The first kappa shape index (κ1) is 15.5. The molecular formula is C16H22N2O3. The molecule has 1 aromatic rings. The van der Waals surface area contributed by atoms with Crippen LogP contribution in [0.3, 0.4) is 0 Å². The van der Waals surface area contributed by atoms with Gasteiger partial charge < -0.3 is 9.64 Å². The molecule has 0 atom stereocenters. The lowest BCUT2D eigenvalue weighted by Crippen LogP contribution is -2.42. The van der Waals surface area contributed by atoms with E-state index >= 15 is 0 Å². The Bertz CT molecular complexity index is 516. The van der Waals surface area contributed by atoms with Crippen molar-refractivity contribution in [3.63, 3.8) is 0 Å². The number of ether oxygens (including phenoxy) is 1. The third-order valence-electron chi connectivity index (χ3n) is 3.67. The first-order chi connectivity index (χ1) is 10.2. The number of para-hydroxylation sites is 1. The van der Waals surface area contributed by atoms with E-state index in [1.807, 2.05) is 34.9 Å². The fraction of sp³-hybridized carbons (Fsp3) is 0.500. The van der Waals surface area contributed by atoms with Gasteiger partial charge in [0.2, 0.25) is 5.91 Å². The molecule has 0 spiro atoms. The monoisotopic (exact) mass is 290 g/mol. The van der Waals surface area contributed by atoms with Gasteiger partial charge in [0.05, 0.1) is 20.2 Å². The van der Waals surface area contributed by atoms with Crippen LogP contribution in [0, 0.1) is 0 Å². The molecule has 2 rings (SSSR count). The number of nitrogens with zero attached hydrogens (tertiary/aromatic N) is 2. The summed E-state index contributed by atoms with van der Waals surface area (Å²) in [6.45, 7) is 3.86. The van der Waals surface area contributed by atoms with Crippen molar-refractivity contribution in [2.24, 2.45) is 0 Å². The fourth-order valence-electron chi connectivity index (χ4n) is 2.65. The third-order valence-corrected chi connectivity index (χ3v) is 3.67. The average Bonchev–Trinajstić information content (AvgIpc) is 2.91. The van der Waals surface area contributed by atoms with Crippen LogP contribution in [0.1, 0.15) is 18.9 Å². The molecule has 0 aromatic heterocycles. The second kappa shape index (κ2) is 7.22. The maximum absolute atomic E-state index is 12.5. The van der Waals surface area contributed by atoms with Gasteiger partial charge in [0.1, 0.15) is 0 Å². The minimum Gasteiger partial charge on any atom is -0.468 e. The molecule has 0 saturated heterocycles. The van der Waals surface area contributed by atoms with Crippen LogP contribution in [0.5, 0.6) is 0 Å². The molecule has 1 heterocycles. The maximum Gasteiger partial charge on any atom is 0.319 e. The highest BCUT2D eigenvalue weighted by Crippen LogP contribution is 2.27. The van der Waals surface area contributed by atoms with E-state index in [4.69, 9.17) is 0 Å². The number of hydrogen-bond donors (Lipinski definition) is 0. The largest absolute Gasteiger partial charge is 0.468 e. The Kier molecular flexibility index (Phi) is 5.33. The zero-order valence-electron chi connectivity index (χ0n) is 12.7. The Labute approximate surface area is 125 Å². The number of carbonyl (C=O) groups excluding carboxylic acids is 2. The lowest BCUT2D eigenvalue weighted by molar-refractivity contribution is -0.142. The van der Waals surface area contributed by atoms with Crippen LogP contribution in [0.4, 0.5) is 5.69 Å². The van der Waals surface area contributed by atoms with Gasteiger partial charge in [-0.25, -0.2) is 0 Å². The van der Waals surface area contributed by atoms with Crippen molar-refractivity contribution in [3.8, 4) is 0 Å². The number of hydrogen-bond acceptors (Lipinski definition) is 4. The van der Waals surface area contributed by atoms with Crippen LogP contribution in [-0.4, -0.2) is 50.1 Å². The van der Waals surface area contributed by atoms with Gasteiger partial charge in [-0.05, 0) is 31.0 Å². The predicted molar refractivity (Wildman–Crippen MR) is 81.2 cm³/mol. The Hall–Kier alpha value is -1.88. The first-order valence-electron chi connectivity index (χ1n) is 7.33. The summed E-state index contributed by atoms with van der Waals surface area (Å²) in [7, 11) is 1.37. The molecule has 0 radical (unpaired) electrons. The molecule has 114 valence electrons. The maximum atomic E-state index is 12.5. The minimum atomic E-state index is -0.307. The van der Waals surface area contributed by atoms with E-state index in [1.165, 1.54) is 12.7 Å². The van der Waals surface area contributed by atoms with Crippen LogP contribution in [-0.2, 0) is 20.7 Å². The second-order valence-corrected chi connectivity index (χ2v) is 5.21. The summed E-state index contributed by atoms with van der Waals surface area (Å²) in [6.07, 6.45) is 1.79. The zero-order chi connectivity index (χ0) is 15.2. The number of fused-ring (bicyclic) bond motifs is 1. The Morgan fingerprint density at radius 2 is 2.05 bits per heavy atom. The number of anilines is 1. The van der Waals surface area contributed by atoms with E-state index in [2.05, 4.69) is 10.8 Å². The van der Waals surface area contributed by atoms with Crippen LogP contribution in [0.25, 0.3) is 0 Å².